The lowest BCUT2D eigenvalue weighted by Gasteiger charge is -2.07. The molecule has 1 aliphatic carbocycles. The number of nitrogen functional groups attached to an aromatic ring is 1. The molecule has 0 aliphatic heterocycles. The molecular formula is C16H15N5O. The number of hydrogen-bond donors (Lipinski definition) is 1. The predicted molar refractivity (Wildman–Crippen MR) is 82.1 cm³/mol. The van der Waals surface area contributed by atoms with Crippen LogP contribution in [0.3, 0.4) is 0 Å². The molecule has 1 fully saturated rings. The summed E-state index contributed by atoms with van der Waals surface area (Å²) in [5.41, 5.74) is 6.89. The van der Waals surface area contributed by atoms with Gasteiger partial charge in [0.25, 0.3) is 0 Å². The SMILES string of the molecule is Nc1cn(-c2ccc(Oc3cc(C4CC4)ccn3)cn2)cn1. The van der Waals surface area contributed by atoms with E-state index in [9.17, 15) is 0 Å². The Balaban J connectivity index is 1.52. The molecule has 1 saturated carbocycles. The monoisotopic (exact) mass is 293 g/mol. The highest BCUT2D eigenvalue weighted by atomic mass is 16.5. The van der Waals surface area contributed by atoms with Gasteiger partial charge in [-0.25, -0.2) is 15.0 Å². The predicted octanol–water partition coefficient (Wildman–Crippen LogP) is 2.91. The van der Waals surface area contributed by atoms with Crippen molar-refractivity contribution in [3.05, 3.63) is 54.7 Å². The fraction of sp³-hybridized carbons (Fsp3) is 0.188. The Kier molecular flexibility index (Phi) is 3.00. The van der Waals surface area contributed by atoms with Gasteiger partial charge in [-0.05, 0) is 42.5 Å². The number of pyridine rings is 2. The van der Waals surface area contributed by atoms with Gasteiger partial charge in [0.1, 0.15) is 23.7 Å². The van der Waals surface area contributed by atoms with Crippen LogP contribution in [-0.2, 0) is 0 Å². The Labute approximate surface area is 127 Å². The average molecular weight is 293 g/mol. The zero-order valence-electron chi connectivity index (χ0n) is 11.9. The van der Waals surface area contributed by atoms with Crippen molar-refractivity contribution in [2.45, 2.75) is 18.8 Å². The van der Waals surface area contributed by atoms with Crippen LogP contribution in [0.5, 0.6) is 11.6 Å². The minimum absolute atomic E-state index is 0.461. The van der Waals surface area contributed by atoms with Crippen molar-refractivity contribution in [2.75, 3.05) is 5.73 Å². The molecule has 0 spiro atoms. The van der Waals surface area contributed by atoms with E-state index in [0.29, 0.717) is 23.4 Å². The van der Waals surface area contributed by atoms with E-state index < -0.39 is 0 Å². The first-order valence-electron chi connectivity index (χ1n) is 7.17. The van der Waals surface area contributed by atoms with Crippen LogP contribution in [0.25, 0.3) is 5.82 Å². The smallest absolute Gasteiger partial charge is 0.219 e. The molecule has 22 heavy (non-hydrogen) atoms. The van der Waals surface area contributed by atoms with Gasteiger partial charge in [-0.3, -0.25) is 4.57 Å². The molecule has 4 rings (SSSR count). The van der Waals surface area contributed by atoms with Gasteiger partial charge >= 0.3 is 0 Å². The van der Waals surface area contributed by atoms with E-state index in [1.807, 2.05) is 18.2 Å². The quantitative estimate of drug-likeness (QED) is 0.800. The molecule has 6 nitrogen and oxygen atoms in total. The fourth-order valence-corrected chi connectivity index (χ4v) is 2.32. The van der Waals surface area contributed by atoms with Gasteiger partial charge in [0.05, 0.1) is 12.4 Å². The number of aromatic nitrogens is 4. The minimum Gasteiger partial charge on any atom is -0.437 e. The minimum atomic E-state index is 0.461. The standard InChI is InChI=1S/C16H15N5O/c17-14-9-21(10-20-14)15-4-3-13(8-19-15)22-16-7-12(5-6-18-16)11-1-2-11/h3-11H,1-2,17H2. The molecule has 0 amide bonds. The molecule has 0 atom stereocenters. The lowest BCUT2D eigenvalue weighted by molar-refractivity contribution is 0.460. The van der Waals surface area contributed by atoms with Crippen molar-refractivity contribution >= 4 is 5.82 Å². The second-order valence-electron chi connectivity index (χ2n) is 5.36. The van der Waals surface area contributed by atoms with Crippen LogP contribution in [0.4, 0.5) is 5.82 Å². The normalized spacial score (nSPS) is 14.0. The van der Waals surface area contributed by atoms with Crippen LogP contribution < -0.4 is 10.5 Å². The van der Waals surface area contributed by atoms with Crippen molar-refractivity contribution in [1.82, 2.24) is 19.5 Å². The van der Waals surface area contributed by atoms with E-state index >= 15 is 0 Å². The Hall–Kier alpha value is -2.89. The second-order valence-corrected chi connectivity index (χ2v) is 5.36. The van der Waals surface area contributed by atoms with Crippen LogP contribution in [0.2, 0.25) is 0 Å². The lowest BCUT2D eigenvalue weighted by Crippen LogP contribution is -1.95. The molecule has 1 aliphatic rings. The third-order valence-corrected chi connectivity index (χ3v) is 3.62. The maximum absolute atomic E-state index is 5.77. The number of imidazole rings is 1. The molecule has 3 aromatic heterocycles. The maximum Gasteiger partial charge on any atom is 0.219 e. The molecule has 2 N–H and O–H groups in total. The Morgan fingerprint density at radius 2 is 2.05 bits per heavy atom. The Morgan fingerprint density at radius 1 is 1.14 bits per heavy atom. The van der Waals surface area contributed by atoms with Crippen molar-refractivity contribution in [3.8, 4) is 17.4 Å². The van der Waals surface area contributed by atoms with Crippen molar-refractivity contribution in [2.24, 2.45) is 0 Å². The van der Waals surface area contributed by atoms with Crippen LogP contribution in [0.1, 0.15) is 24.3 Å². The number of anilines is 1. The molecule has 110 valence electrons. The van der Waals surface area contributed by atoms with Gasteiger partial charge in [-0.1, -0.05) is 0 Å². The van der Waals surface area contributed by atoms with Crippen LogP contribution in [0.15, 0.2) is 49.2 Å². The van der Waals surface area contributed by atoms with Gasteiger partial charge < -0.3 is 10.5 Å². The summed E-state index contributed by atoms with van der Waals surface area (Å²) in [5.74, 6) is 3.13. The van der Waals surface area contributed by atoms with E-state index in [1.54, 1.807) is 29.5 Å². The number of rotatable bonds is 4. The largest absolute Gasteiger partial charge is 0.437 e. The van der Waals surface area contributed by atoms with Crippen molar-refractivity contribution < 1.29 is 4.74 Å². The van der Waals surface area contributed by atoms with Gasteiger partial charge in [-0.15, -0.1) is 0 Å². The summed E-state index contributed by atoms with van der Waals surface area (Å²) in [6.45, 7) is 0. The molecule has 3 aromatic rings. The van der Waals surface area contributed by atoms with Gasteiger partial charge in [0.15, 0.2) is 0 Å². The van der Waals surface area contributed by atoms with Crippen LogP contribution in [-0.4, -0.2) is 19.5 Å². The first-order chi connectivity index (χ1) is 10.8. The van der Waals surface area contributed by atoms with Crippen molar-refractivity contribution in [1.29, 1.82) is 0 Å². The molecule has 0 bridgehead atoms. The molecule has 6 heteroatoms. The third kappa shape index (κ3) is 2.63. The highest BCUT2D eigenvalue weighted by molar-refractivity contribution is 5.35. The zero-order valence-corrected chi connectivity index (χ0v) is 11.9. The summed E-state index contributed by atoms with van der Waals surface area (Å²) in [7, 11) is 0. The van der Waals surface area contributed by atoms with Crippen LogP contribution in [0, 0.1) is 0 Å². The summed E-state index contributed by atoms with van der Waals surface area (Å²) in [6, 6.07) is 7.75. The zero-order chi connectivity index (χ0) is 14.9. The van der Waals surface area contributed by atoms with Gasteiger partial charge in [0.2, 0.25) is 5.88 Å². The molecule has 0 saturated heterocycles. The number of ether oxygens (including phenoxy) is 1. The summed E-state index contributed by atoms with van der Waals surface area (Å²) in [6.07, 6.45) is 9.31. The summed E-state index contributed by atoms with van der Waals surface area (Å²) in [4.78, 5) is 12.6. The van der Waals surface area contributed by atoms with E-state index in [0.717, 1.165) is 5.82 Å². The van der Waals surface area contributed by atoms with E-state index in [4.69, 9.17) is 10.5 Å². The molecule has 0 aromatic carbocycles. The van der Waals surface area contributed by atoms with Crippen molar-refractivity contribution in [3.63, 3.8) is 0 Å². The highest BCUT2D eigenvalue weighted by Gasteiger charge is 2.23. The molecule has 3 heterocycles. The first-order valence-corrected chi connectivity index (χ1v) is 7.17. The Bertz CT molecular complexity index is 792. The summed E-state index contributed by atoms with van der Waals surface area (Å²) in [5, 5.41) is 0. The maximum atomic E-state index is 5.77. The fourth-order valence-electron chi connectivity index (χ4n) is 2.32. The average Bonchev–Trinajstić information content (AvgIpc) is 3.30. The molecule has 0 radical (unpaired) electrons. The van der Waals surface area contributed by atoms with E-state index in [2.05, 4.69) is 21.0 Å². The first kappa shape index (κ1) is 12.8. The van der Waals surface area contributed by atoms with E-state index in [-0.39, 0.29) is 0 Å². The van der Waals surface area contributed by atoms with Crippen LogP contribution >= 0.6 is 0 Å². The van der Waals surface area contributed by atoms with Gasteiger partial charge in [0, 0.05) is 12.3 Å². The second kappa shape index (κ2) is 5.14. The summed E-state index contributed by atoms with van der Waals surface area (Å²) >= 11 is 0. The third-order valence-electron chi connectivity index (χ3n) is 3.62. The number of nitrogens with two attached hydrogens (primary N) is 1. The number of nitrogens with zero attached hydrogens (tertiary/aromatic N) is 4. The summed E-state index contributed by atoms with van der Waals surface area (Å²) < 4.78 is 7.52. The topological polar surface area (TPSA) is 78.9 Å². The molecular weight excluding hydrogens is 278 g/mol. The number of hydrogen-bond acceptors (Lipinski definition) is 5. The molecule has 0 unspecified atom stereocenters. The van der Waals surface area contributed by atoms with E-state index in [1.165, 1.54) is 18.4 Å². The Morgan fingerprint density at radius 3 is 2.73 bits per heavy atom. The lowest BCUT2D eigenvalue weighted by atomic mass is 10.2. The highest BCUT2D eigenvalue weighted by Crippen LogP contribution is 2.40. The van der Waals surface area contributed by atoms with Gasteiger partial charge in [-0.2, -0.15) is 0 Å².